The maximum absolute atomic E-state index is 13.1. The highest BCUT2D eigenvalue weighted by Gasteiger charge is 2.34. The number of ether oxygens (including phenoxy) is 3. The summed E-state index contributed by atoms with van der Waals surface area (Å²) in [5.74, 6) is 0.574. The molecule has 10 nitrogen and oxygen atoms in total. The number of carbonyl (C=O) groups is 2. The molecular formula is C21H23N3O7. The molecule has 1 atom stereocenters. The molecule has 0 spiro atoms. The predicted molar refractivity (Wildman–Crippen MR) is 111 cm³/mol. The Morgan fingerprint density at radius 3 is 2.52 bits per heavy atom. The molecule has 1 aliphatic rings. The number of nitrogens with one attached hydrogen (secondary N) is 1. The first kappa shape index (κ1) is 21.9. The number of non-ortho nitro benzene ring substituents is 1. The molecule has 31 heavy (non-hydrogen) atoms. The number of fused-ring (bicyclic) bond motifs is 1. The van der Waals surface area contributed by atoms with Crippen LogP contribution < -0.4 is 14.8 Å². The number of urea groups is 1. The molecule has 3 rings (SSSR count). The van der Waals surface area contributed by atoms with Gasteiger partial charge in [0.15, 0.2) is 11.5 Å². The van der Waals surface area contributed by atoms with E-state index in [1.165, 1.54) is 44.4 Å². The summed E-state index contributed by atoms with van der Waals surface area (Å²) in [5.41, 5.74) is 1.84. The van der Waals surface area contributed by atoms with E-state index >= 15 is 0 Å². The molecule has 1 aliphatic heterocycles. The van der Waals surface area contributed by atoms with E-state index in [2.05, 4.69) is 5.32 Å². The molecule has 2 aromatic rings. The van der Waals surface area contributed by atoms with Crippen molar-refractivity contribution in [1.82, 2.24) is 4.90 Å². The van der Waals surface area contributed by atoms with Crippen LogP contribution in [-0.4, -0.2) is 49.7 Å². The van der Waals surface area contributed by atoms with E-state index < -0.39 is 23.0 Å². The number of methoxy groups -OCH3 is 3. The van der Waals surface area contributed by atoms with Crippen molar-refractivity contribution in [3.05, 3.63) is 57.6 Å². The molecule has 0 aliphatic carbocycles. The van der Waals surface area contributed by atoms with Crippen LogP contribution in [0.3, 0.4) is 0 Å². The SMILES string of the molecule is COC(=O)C[C@@H]1c2cc(OC)c(OC)cc2CCN1C(=O)Nc1cccc([N+](=O)[O-])c1. The number of esters is 1. The highest BCUT2D eigenvalue weighted by Crippen LogP contribution is 2.39. The zero-order valence-electron chi connectivity index (χ0n) is 17.4. The van der Waals surface area contributed by atoms with Gasteiger partial charge in [-0.05, 0) is 35.7 Å². The topological polar surface area (TPSA) is 120 Å². The van der Waals surface area contributed by atoms with Crippen LogP contribution in [0.5, 0.6) is 11.5 Å². The number of rotatable bonds is 6. The van der Waals surface area contributed by atoms with E-state index in [4.69, 9.17) is 14.2 Å². The van der Waals surface area contributed by atoms with E-state index in [1.807, 2.05) is 6.07 Å². The predicted octanol–water partition coefficient (Wildman–Crippen LogP) is 3.31. The van der Waals surface area contributed by atoms with Crippen LogP contribution in [0.15, 0.2) is 36.4 Å². The molecule has 1 heterocycles. The maximum Gasteiger partial charge on any atom is 0.322 e. The van der Waals surface area contributed by atoms with Crippen LogP contribution in [0.4, 0.5) is 16.2 Å². The van der Waals surface area contributed by atoms with Crippen LogP contribution in [0.25, 0.3) is 0 Å². The Morgan fingerprint density at radius 1 is 1.16 bits per heavy atom. The van der Waals surface area contributed by atoms with Crippen molar-refractivity contribution in [2.24, 2.45) is 0 Å². The van der Waals surface area contributed by atoms with Gasteiger partial charge < -0.3 is 24.4 Å². The van der Waals surface area contributed by atoms with Crippen molar-refractivity contribution in [3.63, 3.8) is 0 Å². The minimum Gasteiger partial charge on any atom is -0.493 e. The second-order valence-electron chi connectivity index (χ2n) is 6.88. The Morgan fingerprint density at radius 2 is 1.87 bits per heavy atom. The van der Waals surface area contributed by atoms with Crippen molar-refractivity contribution < 1.29 is 28.7 Å². The van der Waals surface area contributed by atoms with E-state index in [9.17, 15) is 19.7 Å². The van der Waals surface area contributed by atoms with E-state index in [-0.39, 0.29) is 17.8 Å². The number of nitro groups is 1. The third-order valence-electron chi connectivity index (χ3n) is 5.16. The Hall–Kier alpha value is -3.82. The fraction of sp³-hybridized carbons (Fsp3) is 0.333. The van der Waals surface area contributed by atoms with Gasteiger partial charge in [-0.1, -0.05) is 6.07 Å². The van der Waals surface area contributed by atoms with Gasteiger partial charge in [0.2, 0.25) is 0 Å². The van der Waals surface area contributed by atoms with Crippen LogP contribution in [0.1, 0.15) is 23.6 Å². The van der Waals surface area contributed by atoms with Gasteiger partial charge in [0.25, 0.3) is 5.69 Å². The summed E-state index contributed by atoms with van der Waals surface area (Å²) in [6.45, 7) is 0.338. The van der Waals surface area contributed by atoms with Crippen LogP contribution >= 0.6 is 0 Å². The quantitative estimate of drug-likeness (QED) is 0.425. The molecule has 2 aromatic carbocycles. The average molecular weight is 429 g/mol. The lowest BCUT2D eigenvalue weighted by Gasteiger charge is -2.37. The Kier molecular flexibility index (Phi) is 6.58. The molecule has 0 fully saturated rings. The number of nitrogens with zero attached hydrogens (tertiary/aromatic N) is 2. The summed E-state index contributed by atoms with van der Waals surface area (Å²) in [6.07, 6.45) is 0.483. The zero-order chi connectivity index (χ0) is 22.5. The Bertz CT molecular complexity index is 1010. The van der Waals surface area contributed by atoms with Crippen LogP contribution in [0.2, 0.25) is 0 Å². The summed E-state index contributed by atoms with van der Waals surface area (Å²) in [6, 6.07) is 8.19. The number of nitro benzene ring substituents is 1. The van der Waals surface area contributed by atoms with Crippen molar-refractivity contribution in [1.29, 1.82) is 0 Å². The molecule has 0 saturated carbocycles. The lowest BCUT2D eigenvalue weighted by Crippen LogP contribution is -2.43. The number of carbonyl (C=O) groups excluding carboxylic acids is 2. The summed E-state index contributed by atoms with van der Waals surface area (Å²) >= 11 is 0. The molecular weight excluding hydrogens is 406 g/mol. The first-order valence-corrected chi connectivity index (χ1v) is 9.51. The second kappa shape index (κ2) is 9.33. The Labute approximate surface area is 178 Å². The number of hydrogen-bond donors (Lipinski definition) is 1. The smallest absolute Gasteiger partial charge is 0.322 e. The molecule has 0 aromatic heterocycles. The van der Waals surface area contributed by atoms with Crippen molar-refractivity contribution in [2.75, 3.05) is 33.2 Å². The highest BCUT2D eigenvalue weighted by molar-refractivity contribution is 5.90. The van der Waals surface area contributed by atoms with E-state index in [1.54, 1.807) is 12.1 Å². The molecule has 1 N–H and O–H groups in total. The zero-order valence-corrected chi connectivity index (χ0v) is 17.4. The van der Waals surface area contributed by atoms with E-state index in [0.29, 0.717) is 24.5 Å². The lowest BCUT2D eigenvalue weighted by molar-refractivity contribution is -0.384. The van der Waals surface area contributed by atoms with Gasteiger partial charge in [-0.15, -0.1) is 0 Å². The Balaban J connectivity index is 1.94. The van der Waals surface area contributed by atoms with E-state index in [0.717, 1.165) is 11.1 Å². The fourth-order valence-corrected chi connectivity index (χ4v) is 3.63. The number of amides is 2. The van der Waals surface area contributed by atoms with Crippen LogP contribution in [-0.2, 0) is 16.0 Å². The van der Waals surface area contributed by atoms with Gasteiger partial charge in [0.05, 0.1) is 38.7 Å². The molecule has 0 radical (unpaired) electrons. The normalized spacial score (nSPS) is 14.9. The van der Waals surface area contributed by atoms with Gasteiger partial charge >= 0.3 is 12.0 Å². The van der Waals surface area contributed by atoms with Crippen molar-refractivity contribution in [2.45, 2.75) is 18.9 Å². The van der Waals surface area contributed by atoms with Gasteiger partial charge in [0, 0.05) is 24.4 Å². The fourth-order valence-electron chi connectivity index (χ4n) is 3.63. The summed E-state index contributed by atoms with van der Waals surface area (Å²) in [4.78, 5) is 37.1. The average Bonchev–Trinajstić information content (AvgIpc) is 2.78. The third kappa shape index (κ3) is 4.68. The summed E-state index contributed by atoms with van der Waals surface area (Å²) < 4.78 is 15.6. The first-order valence-electron chi connectivity index (χ1n) is 9.51. The maximum atomic E-state index is 13.1. The number of hydrogen-bond acceptors (Lipinski definition) is 7. The number of benzene rings is 2. The van der Waals surface area contributed by atoms with Crippen molar-refractivity contribution >= 4 is 23.4 Å². The molecule has 0 unspecified atom stereocenters. The lowest BCUT2D eigenvalue weighted by atomic mass is 9.90. The molecule has 0 bridgehead atoms. The molecule has 164 valence electrons. The molecule has 0 saturated heterocycles. The first-order chi connectivity index (χ1) is 14.9. The van der Waals surface area contributed by atoms with Gasteiger partial charge in [0.1, 0.15) is 0 Å². The van der Waals surface area contributed by atoms with Gasteiger partial charge in [-0.25, -0.2) is 4.79 Å². The van der Waals surface area contributed by atoms with Crippen LogP contribution in [0, 0.1) is 10.1 Å². The summed E-state index contributed by atoms with van der Waals surface area (Å²) in [7, 11) is 4.33. The summed E-state index contributed by atoms with van der Waals surface area (Å²) in [5, 5.41) is 13.7. The largest absolute Gasteiger partial charge is 0.493 e. The van der Waals surface area contributed by atoms with Gasteiger partial charge in [-0.3, -0.25) is 14.9 Å². The minimum atomic E-state index is -0.602. The monoisotopic (exact) mass is 429 g/mol. The van der Waals surface area contributed by atoms with Crippen molar-refractivity contribution in [3.8, 4) is 11.5 Å². The van der Waals surface area contributed by atoms with Gasteiger partial charge in [-0.2, -0.15) is 0 Å². The molecule has 2 amide bonds. The second-order valence-corrected chi connectivity index (χ2v) is 6.88. The number of anilines is 1. The molecule has 10 heteroatoms. The third-order valence-corrected chi connectivity index (χ3v) is 5.16. The standard InChI is InChI=1S/C21H23N3O7/c1-29-18-9-13-7-8-23(17(12-20(25)31-3)16(13)11-19(18)30-2)21(26)22-14-5-4-6-15(10-14)24(27)28/h4-6,9-11,17H,7-8,12H2,1-3H3,(H,22,26)/t17-/m1/s1. The minimum absolute atomic E-state index is 0.0542. The highest BCUT2D eigenvalue weighted by atomic mass is 16.6.